The van der Waals surface area contributed by atoms with E-state index in [0.29, 0.717) is 12.0 Å². The van der Waals surface area contributed by atoms with E-state index in [0.717, 1.165) is 12.8 Å². The summed E-state index contributed by atoms with van der Waals surface area (Å²) in [6.07, 6.45) is 1.97. The molecule has 0 saturated carbocycles. The van der Waals surface area contributed by atoms with Gasteiger partial charge in [-0.25, -0.2) is 4.39 Å². The van der Waals surface area contributed by atoms with Crippen LogP contribution in [-0.4, -0.2) is 23.7 Å². The normalized spacial score (nSPS) is 10.1. The van der Waals surface area contributed by atoms with Gasteiger partial charge in [0.2, 0.25) is 0 Å². The summed E-state index contributed by atoms with van der Waals surface area (Å²) in [6, 6.07) is 4.03. The van der Waals surface area contributed by atoms with Crippen molar-refractivity contribution in [1.82, 2.24) is 5.32 Å². The zero-order valence-electron chi connectivity index (χ0n) is 11.9. The minimum atomic E-state index is -0.465. The van der Waals surface area contributed by atoms with Crippen LogP contribution >= 0.6 is 0 Å². The highest BCUT2D eigenvalue weighted by atomic mass is 19.1. The van der Waals surface area contributed by atoms with Gasteiger partial charge in [-0.15, -0.1) is 0 Å². The van der Waals surface area contributed by atoms with Crippen LogP contribution in [0.25, 0.3) is 0 Å². The average molecular weight is 277 g/mol. The predicted octanol–water partition coefficient (Wildman–Crippen LogP) is 2.48. The van der Waals surface area contributed by atoms with Gasteiger partial charge in [-0.05, 0) is 31.0 Å². The Morgan fingerprint density at radius 3 is 2.70 bits per heavy atom. The molecule has 1 amide bonds. The molecular formula is C16H20FNO2. The van der Waals surface area contributed by atoms with Crippen molar-refractivity contribution in [1.29, 1.82) is 0 Å². The van der Waals surface area contributed by atoms with Crippen molar-refractivity contribution in [2.45, 2.75) is 39.2 Å². The first-order valence-electron chi connectivity index (χ1n) is 6.82. The summed E-state index contributed by atoms with van der Waals surface area (Å²) in [5.74, 6) is 4.76. The van der Waals surface area contributed by atoms with E-state index in [2.05, 4.69) is 17.2 Å². The summed E-state index contributed by atoms with van der Waals surface area (Å²) in [4.78, 5) is 12.2. The van der Waals surface area contributed by atoms with Gasteiger partial charge in [0.1, 0.15) is 5.82 Å². The van der Waals surface area contributed by atoms with Crippen molar-refractivity contribution in [3.05, 3.63) is 35.1 Å². The summed E-state index contributed by atoms with van der Waals surface area (Å²) >= 11 is 0. The van der Waals surface area contributed by atoms with E-state index >= 15 is 0 Å². The Bertz CT molecular complexity index is 513. The van der Waals surface area contributed by atoms with Crippen LogP contribution in [0.15, 0.2) is 18.2 Å². The van der Waals surface area contributed by atoms with Crippen molar-refractivity contribution in [3.63, 3.8) is 0 Å². The van der Waals surface area contributed by atoms with E-state index in [1.54, 1.807) is 0 Å². The third-order valence-electron chi connectivity index (χ3n) is 3.01. The van der Waals surface area contributed by atoms with Crippen LogP contribution in [0, 0.1) is 17.7 Å². The zero-order chi connectivity index (χ0) is 15.0. The van der Waals surface area contributed by atoms with Gasteiger partial charge in [-0.1, -0.05) is 25.7 Å². The molecule has 0 saturated heterocycles. The second-order valence-corrected chi connectivity index (χ2v) is 4.45. The van der Waals surface area contributed by atoms with Gasteiger partial charge in [-0.3, -0.25) is 4.79 Å². The Labute approximate surface area is 119 Å². The number of nitrogens with one attached hydrogen (secondary N) is 1. The van der Waals surface area contributed by atoms with Crippen molar-refractivity contribution < 1.29 is 14.3 Å². The second kappa shape index (κ2) is 8.34. The largest absolute Gasteiger partial charge is 0.395 e. The molecule has 0 radical (unpaired) electrons. The molecule has 0 unspecified atom stereocenters. The van der Waals surface area contributed by atoms with Crippen molar-refractivity contribution in [3.8, 4) is 11.8 Å². The summed E-state index contributed by atoms with van der Waals surface area (Å²) in [5.41, 5.74) is 0.714. The van der Waals surface area contributed by atoms with Gasteiger partial charge < -0.3 is 10.4 Å². The monoisotopic (exact) mass is 277 g/mol. The SMILES string of the molecule is CCC(CC)NC(=O)c1cc(F)ccc1C#CCCO. The summed E-state index contributed by atoms with van der Waals surface area (Å²) < 4.78 is 13.3. The number of amides is 1. The lowest BCUT2D eigenvalue weighted by atomic mass is 10.1. The maximum absolute atomic E-state index is 13.3. The highest BCUT2D eigenvalue weighted by Crippen LogP contribution is 2.11. The van der Waals surface area contributed by atoms with Gasteiger partial charge in [0.15, 0.2) is 0 Å². The topological polar surface area (TPSA) is 49.3 Å². The first kappa shape index (κ1) is 16.2. The number of hydrogen-bond donors (Lipinski definition) is 2. The van der Waals surface area contributed by atoms with Gasteiger partial charge in [-0.2, -0.15) is 0 Å². The average Bonchev–Trinajstić information content (AvgIpc) is 2.46. The van der Waals surface area contributed by atoms with Crippen LogP contribution in [0.1, 0.15) is 49.0 Å². The van der Waals surface area contributed by atoms with Crippen molar-refractivity contribution >= 4 is 5.91 Å². The number of aliphatic hydroxyl groups excluding tert-OH is 1. The zero-order valence-corrected chi connectivity index (χ0v) is 11.9. The summed E-state index contributed by atoms with van der Waals surface area (Å²) in [7, 11) is 0. The van der Waals surface area contributed by atoms with Crippen LogP contribution < -0.4 is 5.32 Å². The van der Waals surface area contributed by atoms with E-state index in [9.17, 15) is 9.18 Å². The van der Waals surface area contributed by atoms with E-state index in [1.807, 2.05) is 13.8 Å². The maximum Gasteiger partial charge on any atom is 0.252 e. The fourth-order valence-electron chi connectivity index (χ4n) is 1.78. The van der Waals surface area contributed by atoms with E-state index in [-0.39, 0.29) is 24.1 Å². The van der Waals surface area contributed by atoms with Crippen molar-refractivity contribution in [2.75, 3.05) is 6.61 Å². The Hall–Kier alpha value is -1.86. The minimum Gasteiger partial charge on any atom is -0.395 e. The first-order chi connectivity index (χ1) is 9.62. The molecule has 3 nitrogen and oxygen atoms in total. The quantitative estimate of drug-likeness (QED) is 0.812. The molecule has 20 heavy (non-hydrogen) atoms. The molecule has 0 atom stereocenters. The predicted molar refractivity (Wildman–Crippen MR) is 76.8 cm³/mol. The van der Waals surface area contributed by atoms with Gasteiger partial charge >= 0.3 is 0 Å². The van der Waals surface area contributed by atoms with Gasteiger partial charge in [0.25, 0.3) is 5.91 Å². The van der Waals surface area contributed by atoms with Gasteiger partial charge in [0, 0.05) is 18.0 Å². The molecule has 2 N–H and O–H groups in total. The Morgan fingerprint density at radius 1 is 1.40 bits per heavy atom. The molecule has 0 aliphatic carbocycles. The highest BCUT2D eigenvalue weighted by molar-refractivity contribution is 5.96. The van der Waals surface area contributed by atoms with E-state index in [4.69, 9.17) is 5.11 Å². The highest BCUT2D eigenvalue weighted by Gasteiger charge is 2.14. The number of halogens is 1. The third kappa shape index (κ3) is 4.67. The van der Waals surface area contributed by atoms with Crippen LogP contribution in [0.5, 0.6) is 0 Å². The molecule has 4 heteroatoms. The fraction of sp³-hybridized carbons (Fsp3) is 0.438. The minimum absolute atomic E-state index is 0.0382. The number of carbonyl (C=O) groups is 1. The number of carbonyl (C=O) groups excluding carboxylic acids is 1. The smallest absolute Gasteiger partial charge is 0.252 e. The molecule has 0 fully saturated rings. The summed E-state index contributed by atoms with van der Waals surface area (Å²) in [6.45, 7) is 3.94. The lowest BCUT2D eigenvalue weighted by Gasteiger charge is -2.15. The lowest BCUT2D eigenvalue weighted by Crippen LogP contribution is -2.34. The molecule has 0 spiro atoms. The maximum atomic E-state index is 13.3. The molecule has 0 aliphatic heterocycles. The molecule has 1 aromatic rings. The summed E-state index contributed by atoms with van der Waals surface area (Å²) in [5, 5.41) is 11.6. The molecule has 0 bridgehead atoms. The van der Waals surface area contributed by atoms with Crippen LogP contribution in [0.4, 0.5) is 4.39 Å². The molecule has 0 aliphatic rings. The first-order valence-corrected chi connectivity index (χ1v) is 6.82. The number of benzene rings is 1. The van der Waals surface area contributed by atoms with Gasteiger partial charge in [0.05, 0.1) is 12.2 Å². The number of aliphatic hydroxyl groups is 1. The van der Waals surface area contributed by atoms with E-state index < -0.39 is 5.82 Å². The van der Waals surface area contributed by atoms with Crippen molar-refractivity contribution in [2.24, 2.45) is 0 Å². The third-order valence-corrected chi connectivity index (χ3v) is 3.01. The molecule has 108 valence electrons. The van der Waals surface area contributed by atoms with Crippen LogP contribution in [0.3, 0.4) is 0 Å². The molecule has 1 aromatic carbocycles. The fourth-order valence-corrected chi connectivity index (χ4v) is 1.78. The second-order valence-electron chi connectivity index (χ2n) is 4.45. The Morgan fingerprint density at radius 2 is 2.10 bits per heavy atom. The molecule has 0 heterocycles. The van der Waals surface area contributed by atoms with Crippen LogP contribution in [0.2, 0.25) is 0 Å². The number of hydrogen-bond acceptors (Lipinski definition) is 2. The lowest BCUT2D eigenvalue weighted by molar-refractivity contribution is 0.0934. The molecular weight excluding hydrogens is 257 g/mol. The molecule has 1 rings (SSSR count). The standard InChI is InChI=1S/C16H20FNO2/c1-3-14(4-2)18-16(20)15-11-13(17)9-8-12(15)7-5-6-10-19/h8-9,11,14,19H,3-4,6,10H2,1-2H3,(H,18,20). The van der Waals surface area contributed by atoms with Crippen LogP contribution in [-0.2, 0) is 0 Å². The number of rotatable bonds is 5. The Balaban J connectivity index is 3.00. The Kier molecular flexibility index (Phi) is 6.75. The van der Waals surface area contributed by atoms with E-state index in [1.165, 1.54) is 18.2 Å². The molecule has 0 aromatic heterocycles.